The predicted molar refractivity (Wildman–Crippen MR) is 112 cm³/mol. The SMILES string of the molecule is CN(CC(=O)Nc1ccc(N2CCOCC2)cc1)Cc1cccc(OCC(F)(F)F)c1. The molecule has 31 heavy (non-hydrogen) atoms. The summed E-state index contributed by atoms with van der Waals surface area (Å²) in [5.74, 6) is -0.0286. The van der Waals surface area contributed by atoms with Crippen LogP contribution in [0.3, 0.4) is 0 Å². The summed E-state index contributed by atoms with van der Waals surface area (Å²) >= 11 is 0. The highest BCUT2D eigenvalue weighted by Crippen LogP contribution is 2.21. The van der Waals surface area contributed by atoms with Crippen molar-refractivity contribution in [2.45, 2.75) is 12.7 Å². The summed E-state index contributed by atoms with van der Waals surface area (Å²) in [6.07, 6.45) is -4.38. The highest BCUT2D eigenvalue weighted by atomic mass is 19.4. The van der Waals surface area contributed by atoms with E-state index >= 15 is 0 Å². The minimum atomic E-state index is -4.38. The number of halogens is 3. The van der Waals surface area contributed by atoms with Crippen LogP contribution in [-0.2, 0) is 16.1 Å². The molecule has 0 spiro atoms. The van der Waals surface area contributed by atoms with E-state index in [-0.39, 0.29) is 18.2 Å². The number of benzene rings is 2. The van der Waals surface area contributed by atoms with Crippen molar-refractivity contribution >= 4 is 17.3 Å². The smallest absolute Gasteiger partial charge is 0.422 e. The summed E-state index contributed by atoms with van der Waals surface area (Å²) in [5.41, 5.74) is 2.55. The lowest BCUT2D eigenvalue weighted by Crippen LogP contribution is -2.36. The van der Waals surface area contributed by atoms with Crippen LogP contribution in [-0.4, -0.2) is 63.5 Å². The van der Waals surface area contributed by atoms with E-state index in [1.807, 2.05) is 24.3 Å². The summed E-state index contributed by atoms with van der Waals surface area (Å²) in [5, 5.41) is 2.86. The van der Waals surface area contributed by atoms with Gasteiger partial charge in [-0.3, -0.25) is 9.69 Å². The first-order valence-electron chi connectivity index (χ1n) is 9.98. The highest BCUT2D eigenvalue weighted by molar-refractivity contribution is 5.92. The van der Waals surface area contributed by atoms with Gasteiger partial charge in [0.15, 0.2) is 6.61 Å². The summed E-state index contributed by atoms with van der Waals surface area (Å²) in [6.45, 7) is 2.31. The summed E-state index contributed by atoms with van der Waals surface area (Å²) in [7, 11) is 1.77. The second kappa shape index (κ2) is 10.5. The van der Waals surface area contributed by atoms with Crippen molar-refractivity contribution in [1.82, 2.24) is 4.90 Å². The van der Waals surface area contributed by atoms with Crippen molar-refractivity contribution in [3.8, 4) is 5.75 Å². The second-order valence-corrected chi connectivity index (χ2v) is 7.42. The monoisotopic (exact) mass is 437 g/mol. The van der Waals surface area contributed by atoms with Crippen molar-refractivity contribution < 1.29 is 27.4 Å². The third-order valence-electron chi connectivity index (χ3n) is 4.69. The van der Waals surface area contributed by atoms with Gasteiger partial charge in [-0.05, 0) is 49.0 Å². The first kappa shape index (κ1) is 22.9. The van der Waals surface area contributed by atoms with E-state index in [1.165, 1.54) is 6.07 Å². The number of nitrogens with one attached hydrogen (secondary N) is 1. The van der Waals surface area contributed by atoms with Crippen LogP contribution in [0.1, 0.15) is 5.56 Å². The quantitative estimate of drug-likeness (QED) is 0.685. The molecule has 0 aliphatic carbocycles. The zero-order valence-corrected chi connectivity index (χ0v) is 17.3. The predicted octanol–water partition coefficient (Wildman–Crippen LogP) is 3.53. The third kappa shape index (κ3) is 7.76. The molecule has 1 saturated heterocycles. The lowest BCUT2D eigenvalue weighted by atomic mass is 10.2. The molecular formula is C22H26F3N3O3. The number of carbonyl (C=O) groups excluding carboxylic acids is 1. The van der Waals surface area contributed by atoms with Crippen LogP contribution in [0.4, 0.5) is 24.5 Å². The van der Waals surface area contributed by atoms with Gasteiger partial charge in [-0.25, -0.2) is 0 Å². The molecule has 1 amide bonds. The standard InChI is InChI=1S/C22H26F3N3O3/c1-27(14-17-3-2-4-20(13-17)31-16-22(23,24)25)15-21(29)26-18-5-7-19(8-6-18)28-9-11-30-12-10-28/h2-8,13H,9-12,14-16H2,1H3,(H,26,29). The molecule has 0 unspecified atom stereocenters. The molecule has 168 valence electrons. The molecule has 1 N–H and O–H groups in total. The number of hydrogen-bond donors (Lipinski definition) is 1. The minimum absolute atomic E-state index is 0.138. The zero-order valence-electron chi connectivity index (χ0n) is 17.3. The number of alkyl halides is 3. The van der Waals surface area contributed by atoms with Gasteiger partial charge in [0, 0.05) is 31.0 Å². The van der Waals surface area contributed by atoms with E-state index in [4.69, 9.17) is 9.47 Å². The molecule has 0 bridgehead atoms. The van der Waals surface area contributed by atoms with Crippen LogP contribution in [0.2, 0.25) is 0 Å². The van der Waals surface area contributed by atoms with Gasteiger partial charge in [0.05, 0.1) is 19.8 Å². The number of nitrogens with zero attached hydrogens (tertiary/aromatic N) is 2. The summed E-state index contributed by atoms with van der Waals surface area (Å²) in [4.78, 5) is 16.4. The fourth-order valence-corrected chi connectivity index (χ4v) is 3.29. The summed E-state index contributed by atoms with van der Waals surface area (Å²) < 4.78 is 47.0. The Hall–Kier alpha value is -2.78. The topological polar surface area (TPSA) is 54.0 Å². The van der Waals surface area contributed by atoms with E-state index in [1.54, 1.807) is 30.1 Å². The van der Waals surface area contributed by atoms with Crippen LogP contribution in [0, 0.1) is 0 Å². The van der Waals surface area contributed by atoms with Gasteiger partial charge >= 0.3 is 6.18 Å². The third-order valence-corrected chi connectivity index (χ3v) is 4.69. The molecule has 1 heterocycles. The van der Waals surface area contributed by atoms with Crippen molar-refractivity contribution in [3.63, 3.8) is 0 Å². The van der Waals surface area contributed by atoms with Crippen molar-refractivity contribution in [2.75, 3.05) is 56.7 Å². The maximum atomic E-state index is 12.4. The second-order valence-electron chi connectivity index (χ2n) is 7.42. The fraction of sp³-hybridized carbons (Fsp3) is 0.409. The number of morpholine rings is 1. The lowest BCUT2D eigenvalue weighted by molar-refractivity contribution is -0.153. The molecule has 0 aromatic heterocycles. The Balaban J connectivity index is 1.47. The zero-order chi connectivity index (χ0) is 22.3. The van der Waals surface area contributed by atoms with Crippen LogP contribution < -0.4 is 15.0 Å². The number of anilines is 2. The number of amides is 1. The molecule has 2 aromatic rings. The molecule has 1 aliphatic heterocycles. The van der Waals surface area contributed by atoms with Crippen LogP contribution in [0.15, 0.2) is 48.5 Å². The van der Waals surface area contributed by atoms with Crippen LogP contribution in [0.5, 0.6) is 5.75 Å². The molecule has 3 rings (SSSR count). The van der Waals surface area contributed by atoms with E-state index in [9.17, 15) is 18.0 Å². The van der Waals surface area contributed by atoms with E-state index < -0.39 is 12.8 Å². The van der Waals surface area contributed by atoms with Gasteiger partial charge in [0.2, 0.25) is 5.91 Å². The number of carbonyl (C=O) groups is 1. The number of likely N-dealkylation sites (N-methyl/N-ethyl adjacent to an activating group) is 1. The Kier molecular flexibility index (Phi) is 7.75. The first-order chi connectivity index (χ1) is 14.8. The van der Waals surface area contributed by atoms with Crippen molar-refractivity contribution in [1.29, 1.82) is 0 Å². The molecule has 6 nitrogen and oxygen atoms in total. The molecule has 0 atom stereocenters. The Bertz CT molecular complexity index is 853. The number of ether oxygens (including phenoxy) is 2. The maximum absolute atomic E-state index is 12.4. The largest absolute Gasteiger partial charge is 0.484 e. The Morgan fingerprint density at radius 2 is 1.87 bits per heavy atom. The van der Waals surface area contributed by atoms with Crippen LogP contribution in [0.25, 0.3) is 0 Å². The van der Waals surface area contributed by atoms with Gasteiger partial charge in [-0.2, -0.15) is 13.2 Å². The average molecular weight is 437 g/mol. The lowest BCUT2D eigenvalue weighted by Gasteiger charge is -2.28. The van der Waals surface area contributed by atoms with Crippen molar-refractivity contribution in [2.24, 2.45) is 0 Å². The Morgan fingerprint density at radius 1 is 1.16 bits per heavy atom. The van der Waals surface area contributed by atoms with Gasteiger partial charge in [-0.15, -0.1) is 0 Å². The maximum Gasteiger partial charge on any atom is 0.422 e. The molecule has 1 fully saturated rings. The number of rotatable bonds is 8. The molecule has 1 aliphatic rings. The first-order valence-corrected chi connectivity index (χ1v) is 9.98. The Labute approximate surface area is 179 Å². The van der Waals surface area contributed by atoms with Gasteiger partial charge < -0.3 is 19.7 Å². The normalized spacial score (nSPS) is 14.5. The molecule has 9 heteroatoms. The minimum Gasteiger partial charge on any atom is -0.484 e. The molecular weight excluding hydrogens is 411 g/mol. The van der Waals surface area contributed by atoms with E-state index in [2.05, 4.69) is 10.2 Å². The highest BCUT2D eigenvalue weighted by Gasteiger charge is 2.28. The Morgan fingerprint density at radius 3 is 2.55 bits per heavy atom. The van der Waals surface area contributed by atoms with E-state index in [0.29, 0.717) is 25.4 Å². The van der Waals surface area contributed by atoms with Gasteiger partial charge in [0.25, 0.3) is 0 Å². The average Bonchev–Trinajstić information content (AvgIpc) is 2.73. The van der Waals surface area contributed by atoms with Gasteiger partial charge in [-0.1, -0.05) is 12.1 Å². The number of hydrogen-bond acceptors (Lipinski definition) is 5. The van der Waals surface area contributed by atoms with E-state index in [0.717, 1.165) is 24.3 Å². The molecule has 0 saturated carbocycles. The fourth-order valence-electron chi connectivity index (χ4n) is 3.29. The van der Waals surface area contributed by atoms with Crippen molar-refractivity contribution in [3.05, 3.63) is 54.1 Å². The summed E-state index contributed by atoms with van der Waals surface area (Å²) in [6, 6.07) is 14.1. The molecule has 2 aromatic carbocycles. The molecule has 0 radical (unpaired) electrons. The van der Waals surface area contributed by atoms with Crippen LogP contribution >= 0.6 is 0 Å². The van der Waals surface area contributed by atoms with Gasteiger partial charge in [0.1, 0.15) is 5.75 Å².